The first-order valence-electron chi connectivity index (χ1n) is 4.22. The summed E-state index contributed by atoms with van der Waals surface area (Å²) in [6, 6.07) is 0. The molecule has 68 valence electrons. The van der Waals surface area contributed by atoms with Gasteiger partial charge in [-0.1, -0.05) is 13.3 Å². The van der Waals surface area contributed by atoms with Gasteiger partial charge in [0, 0.05) is 13.0 Å². The van der Waals surface area contributed by atoms with Gasteiger partial charge in [-0.3, -0.25) is 4.90 Å². The van der Waals surface area contributed by atoms with E-state index in [1.807, 2.05) is 6.92 Å². The summed E-state index contributed by atoms with van der Waals surface area (Å²) in [5.74, 6) is -1.49. The molecule has 12 heavy (non-hydrogen) atoms. The average molecular weight is 170 g/mol. The zero-order valence-corrected chi connectivity index (χ0v) is 7.19. The highest BCUT2D eigenvalue weighted by molar-refractivity contribution is 4.87. The van der Waals surface area contributed by atoms with E-state index in [2.05, 4.69) is 0 Å². The van der Waals surface area contributed by atoms with Crippen molar-refractivity contribution in [3.05, 3.63) is 0 Å². The van der Waals surface area contributed by atoms with E-state index in [-0.39, 0.29) is 6.42 Å². The summed E-state index contributed by atoms with van der Waals surface area (Å²) in [6.45, 7) is 2.50. The summed E-state index contributed by atoms with van der Waals surface area (Å²) in [5, 5.41) is 27.2. The molecular weight excluding hydrogens is 156 g/mol. The Balaban J connectivity index is 2.61. The first-order valence-corrected chi connectivity index (χ1v) is 4.22. The number of piperidine rings is 1. The van der Waals surface area contributed by atoms with Crippen LogP contribution in [0.2, 0.25) is 0 Å². The van der Waals surface area contributed by atoms with Gasteiger partial charge in [-0.15, -0.1) is 0 Å². The second-order valence-corrected chi connectivity index (χ2v) is 3.30. The normalized spacial score (nSPS) is 28.2. The molecule has 1 heterocycles. The summed E-state index contributed by atoms with van der Waals surface area (Å²) in [7, 11) is 0. The van der Waals surface area contributed by atoms with Crippen molar-refractivity contribution in [1.29, 1.82) is 5.26 Å². The summed E-state index contributed by atoms with van der Waals surface area (Å²) in [4.78, 5) is 1.05. The highest BCUT2D eigenvalue weighted by Crippen LogP contribution is 2.27. The molecule has 0 aliphatic carbocycles. The van der Waals surface area contributed by atoms with Crippen molar-refractivity contribution in [3.8, 4) is 6.19 Å². The van der Waals surface area contributed by atoms with Gasteiger partial charge in [0.2, 0.25) is 0 Å². The van der Waals surface area contributed by atoms with Gasteiger partial charge in [0.25, 0.3) is 5.91 Å². The molecule has 0 amide bonds. The van der Waals surface area contributed by atoms with E-state index in [4.69, 9.17) is 5.26 Å². The molecule has 1 aliphatic rings. The molecule has 0 bridgehead atoms. The fourth-order valence-corrected chi connectivity index (χ4v) is 1.48. The minimum atomic E-state index is -1.90. The first kappa shape index (κ1) is 9.30. The summed E-state index contributed by atoms with van der Waals surface area (Å²) in [6.07, 6.45) is 3.81. The van der Waals surface area contributed by atoms with Crippen LogP contribution in [0.25, 0.3) is 0 Å². The topological polar surface area (TPSA) is 67.5 Å². The minimum Gasteiger partial charge on any atom is -0.348 e. The minimum absolute atomic E-state index is 0.263. The second kappa shape index (κ2) is 3.30. The maximum atomic E-state index is 9.31. The van der Waals surface area contributed by atoms with E-state index >= 15 is 0 Å². The summed E-state index contributed by atoms with van der Waals surface area (Å²) >= 11 is 0. The lowest BCUT2D eigenvalue weighted by Gasteiger charge is -2.38. The maximum absolute atomic E-state index is 9.31. The third-order valence-electron chi connectivity index (χ3n) is 2.46. The number of likely N-dealkylation sites (tertiary alicyclic amines) is 1. The van der Waals surface area contributed by atoms with Gasteiger partial charge in [-0.25, -0.2) is 0 Å². The van der Waals surface area contributed by atoms with Crippen molar-refractivity contribution in [2.75, 3.05) is 6.54 Å². The second-order valence-electron chi connectivity index (χ2n) is 3.30. The summed E-state index contributed by atoms with van der Waals surface area (Å²) in [5.41, 5.74) is 0. The number of aliphatic hydroxyl groups is 2. The van der Waals surface area contributed by atoms with Crippen molar-refractivity contribution >= 4 is 0 Å². The Labute approximate surface area is 72.0 Å². The van der Waals surface area contributed by atoms with Gasteiger partial charge >= 0.3 is 0 Å². The lowest BCUT2D eigenvalue weighted by atomic mass is 9.94. The number of hydrogen-bond donors (Lipinski definition) is 2. The van der Waals surface area contributed by atoms with Crippen molar-refractivity contribution in [2.45, 2.75) is 32.1 Å². The van der Waals surface area contributed by atoms with Crippen LogP contribution in [0.1, 0.15) is 26.2 Å². The SMILES string of the molecule is CCC1CCC(O)(O)N(C#N)C1. The number of rotatable bonds is 1. The third-order valence-corrected chi connectivity index (χ3v) is 2.46. The number of hydrogen-bond acceptors (Lipinski definition) is 4. The Kier molecular flexibility index (Phi) is 2.55. The molecule has 1 saturated heterocycles. The molecule has 0 aromatic heterocycles. The predicted molar refractivity (Wildman–Crippen MR) is 42.5 cm³/mol. The van der Waals surface area contributed by atoms with E-state index in [1.165, 1.54) is 0 Å². The number of nitrogens with zero attached hydrogens (tertiary/aromatic N) is 2. The largest absolute Gasteiger partial charge is 0.348 e. The van der Waals surface area contributed by atoms with Gasteiger partial charge in [0.1, 0.15) is 0 Å². The molecule has 1 aliphatic heterocycles. The van der Waals surface area contributed by atoms with Crippen LogP contribution < -0.4 is 0 Å². The smallest absolute Gasteiger partial charge is 0.254 e. The lowest BCUT2D eigenvalue weighted by Crippen LogP contribution is -2.51. The van der Waals surface area contributed by atoms with E-state index in [0.717, 1.165) is 17.7 Å². The van der Waals surface area contributed by atoms with E-state index in [0.29, 0.717) is 12.5 Å². The van der Waals surface area contributed by atoms with Crippen LogP contribution in [0.5, 0.6) is 0 Å². The van der Waals surface area contributed by atoms with Crippen LogP contribution in [0.3, 0.4) is 0 Å². The standard InChI is InChI=1S/C8H14N2O2/c1-2-7-3-4-8(11,12)10(5-7)6-9/h7,11-12H,2-5H2,1H3. The van der Waals surface area contributed by atoms with Crippen LogP contribution in [-0.2, 0) is 0 Å². The van der Waals surface area contributed by atoms with Crippen LogP contribution >= 0.6 is 0 Å². The first-order chi connectivity index (χ1) is 5.60. The molecule has 4 heteroatoms. The van der Waals surface area contributed by atoms with Crippen molar-refractivity contribution in [1.82, 2.24) is 4.90 Å². The van der Waals surface area contributed by atoms with Crippen LogP contribution in [0.4, 0.5) is 0 Å². The van der Waals surface area contributed by atoms with Gasteiger partial charge in [-0.05, 0) is 12.3 Å². The average Bonchev–Trinajstić information content (AvgIpc) is 2.04. The van der Waals surface area contributed by atoms with Gasteiger partial charge in [0.15, 0.2) is 6.19 Å². The number of nitriles is 1. The molecule has 1 unspecified atom stereocenters. The summed E-state index contributed by atoms with van der Waals surface area (Å²) < 4.78 is 0. The monoisotopic (exact) mass is 170 g/mol. The molecule has 2 N–H and O–H groups in total. The zero-order valence-electron chi connectivity index (χ0n) is 7.19. The molecule has 1 atom stereocenters. The predicted octanol–water partition coefficient (Wildman–Crippen LogP) is 0.228. The van der Waals surface area contributed by atoms with E-state index < -0.39 is 5.91 Å². The van der Waals surface area contributed by atoms with Gasteiger partial charge in [0.05, 0.1) is 0 Å². The van der Waals surface area contributed by atoms with Crippen LogP contribution in [-0.4, -0.2) is 27.6 Å². The molecule has 0 saturated carbocycles. The third kappa shape index (κ3) is 1.68. The van der Waals surface area contributed by atoms with Crippen molar-refractivity contribution in [2.24, 2.45) is 5.92 Å². The van der Waals surface area contributed by atoms with Gasteiger partial charge < -0.3 is 10.2 Å². The molecule has 0 radical (unpaired) electrons. The highest BCUT2D eigenvalue weighted by Gasteiger charge is 2.37. The van der Waals surface area contributed by atoms with Gasteiger partial charge in [-0.2, -0.15) is 5.26 Å². The van der Waals surface area contributed by atoms with Crippen LogP contribution in [0, 0.1) is 17.4 Å². The molecular formula is C8H14N2O2. The van der Waals surface area contributed by atoms with E-state index in [1.54, 1.807) is 6.19 Å². The molecule has 4 nitrogen and oxygen atoms in total. The maximum Gasteiger partial charge on any atom is 0.254 e. The fraction of sp³-hybridized carbons (Fsp3) is 0.875. The Morgan fingerprint density at radius 2 is 2.33 bits per heavy atom. The molecule has 1 fully saturated rings. The molecule has 0 aromatic rings. The zero-order chi connectivity index (χ0) is 9.19. The lowest BCUT2D eigenvalue weighted by molar-refractivity contribution is -0.265. The molecule has 0 aromatic carbocycles. The Bertz CT molecular complexity index is 198. The molecule has 0 spiro atoms. The molecule has 1 rings (SSSR count). The van der Waals surface area contributed by atoms with E-state index in [9.17, 15) is 10.2 Å². The van der Waals surface area contributed by atoms with Crippen molar-refractivity contribution in [3.63, 3.8) is 0 Å². The van der Waals surface area contributed by atoms with Crippen LogP contribution in [0.15, 0.2) is 0 Å². The quantitative estimate of drug-likeness (QED) is 0.436. The highest BCUT2D eigenvalue weighted by atomic mass is 16.5. The fourth-order valence-electron chi connectivity index (χ4n) is 1.48. The Morgan fingerprint density at radius 3 is 2.83 bits per heavy atom. The van der Waals surface area contributed by atoms with Crippen molar-refractivity contribution < 1.29 is 10.2 Å². The Hall–Kier alpha value is -0.790. The Morgan fingerprint density at radius 1 is 1.67 bits per heavy atom.